The number of phenolic OH excluding ortho intramolecular Hbond substituents is 2. The van der Waals surface area contributed by atoms with Crippen molar-refractivity contribution >= 4 is 12.6 Å². The van der Waals surface area contributed by atoms with Gasteiger partial charge in [0.15, 0.2) is 11.5 Å². The van der Waals surface area contributed by atoms with Crippen LogP contribution in [0.2, 0.25) is 0 Å². The normalized spacial score (nSPS) is 12.1. The van der Waals surface area contributed by atoms with Crippen molar-refractivity contribution in [2.75, 3.05) is 13.2 Å². The molecule has 0 spiro atoms. The van der Waals surface area contributed by atoms with E-state index < -0.39 is 0 Å². The molecule has 0 aliphatic rings. The Morgan fingerprint density at radius 2 is 1.91 bits per heavy atom. The lowest BCUT2D eigenvalue weighted by atomic mass is 10.1. The van der Waals surface area contributed by atoms with Gasteiger partial charge in [0.1, 0.15) is 12.4 Å². The molecule has 2 aromatic carbocycles. The highest BCUT2D eigenvalue weighted by molar-refractivity contribution is 7.80. The Balaban J connectivity index is 1.72. The molecule has 5 heteroatoms. The molecular formula is C17H21NO3S. The fourth-order valence-electron chi connectivity index (χ4n) is 2.17. The second kappa shape index (κ2) is 7.96. The van der Waals surface area contributed by atoms with Gasteiger partial charge in [-0.25, -0.2) is 0 Å². The van der Waals surface area contributed by atoms with Crippen molar-refractivity contribution < 1.29 is 14.9 Å². The number of ether oxygens (including phenoxy) is 1. The van der Waals surface area contributed by atoms with Crippen LogP contribution in [0.25, 0.3) is 0 Å². The van der Waals surface area contributed by atoms with Gasteiger partial charge in [0.25, 0.3) is 0 Å². The highest BCUT2D eigenvalue weighted by atomic mass is 32.1. The number of thiol groups is 1. The standard InChI is InChI=1S/C17H21NO3S/c1-12(10-13-6-7-15(20)17(22)11-13)18-8-9-21-16-5-3-2-4-14(16)19/h2-7,11-12,18-20,22H,8-10H2,1H3. The van der Waals surface area contributed by atoms with E-state index in [0.717, 1.165) is 12.0 Å². The van der Waals surface area contributed by atoms with Gasteiger partial charge >= 0.3 is 0 Å². The Kier molecular flexibility index (Phi) is 5.98. The monoisotopic (exact) mass is 319 g/mol. The van der Waals surface area contributed by atoms with Gasteiger partial charge < -0.3 is 20.3 Å². The minimum atomic E-state index is 0.154. The molecule has 0 saturated carbocycles. The van der Waals surface area contributed by atoms with E-state index in [4.69, 9.17) is 4.74 Å². The van der Waals surface area contributed by atoms with Crippen LogP contribution in [-0.4, -0.2) is 29.4 Å². The predicted octanol–water partition coefficient (Wildman–Crippen LogP) is 2.99. The van der Waals surface area contributed by atoms with Gasteiger partial charge in [-0.3, -0.25) is 0 Å². The summed E-state index contributed by atoms with van der Waals surface area (Å²) in [4.78, 5) is 0.590. The molecule has 4 nitrogen and oxygen atoms in total. The van der Waals surface area contributed by atoms with Crippen molar-refractivity contribution in [3.8, 4) is 17.2 Å². The molecule has 0 aromatic heterocycles. The Hall–Kier alpha value is -1.85. The van der Waals surface area contributed by atoms with Crippen molar-refractivity contribution in [2.24, 2.45) is 0 Å². The zero-order valence-electron chi connectivity index (χ0n) is 12.5. The van der Waals surface area contributed by atoms with E-state index in [1.807, 2.05) is 18.2 Å². The third-order valence-corrected chi connectivity index (χ3v) is 3.66. The highest BCUT2D eigenvalue weighted by Crippen LogP contribution is 2.24. The molecule has 0 radical (unpaired) electrons. The van der Waals surface area contributed by atoms with Gasteiger partial charge in [-0.05, 0) is 43.2 Å². The Morgan fingerprint density at radius 3 is 2.64 bits per heavy atom. The van der Waals surface area contributed by atoms with E-state index >= 15 is 0 Å². The van der Waals surface area contributed by atoms with E-state index in [2.05, 4.69) is 24.9 Å². The maximum atomic E-state index is 9.59. The first-order chi connectivity index (χ1) is 10.6. The molecule has 0 amide bonds. The smallest absolute Gasteiger partial charge is 0.160 e. The zero-order chi connectivity index (χ0) is 15.9. The molecule has 1 atom stereocenters. The third-order valence-electron chi connectivity index (χ3n) is 3.30. The summed E-state index contributed by atoms with van der Waals surface area (Å²) < 4.78 is 5.51. The SMILES string of the molecule is CC(Cc1ccc(O)c(S)c1)NCCOc1ccccc1O. The molecule has 0 bridgehead atoms. The van der Waals surface area contributed by atoms with Crippen molar-refractivity contribution in [3.05, 3.63) is 48.0 Å². The van der Waals surface area contributed by atoms with E-state index in [-0.39, 0.29) is 17.5 Å². The summed E-state index contributed by atoms with van der Waals surface area (Å²) in [7, 11) is 0. The summed E-state index contributed by atoms with van der Waals surface area (Å²) in [5, 5.41) is 22.4. The first-order valence-corrected chi connectivity index (χ1v) is 7.66. The molecule has 2 aromatic rings. The van der Waals surface area contributed by atoms with Gasteiger partial charge in [-0.2, -0.15) is 0 Å². The molecular weight excluding hydrogens is 298 g/mol. The van der Waals surface area contributed by atoms with E-state index in [1.165, 1.54) is 0 Å². The molecule has 0 saturated heterocycles. The summed E-state index contributed by atoms with van der Waals surface area (Å²) in [6.45, 7) is 3.25. The molecule has 3 N–H and O–H groups in total. The van der Waals surface area contributed by atoms with Crippen LogP contribution in [0.3, 0.4) is 0 Å². The molecule has 118 valence electrons. The molecule has 22 heavy (non-hydrogen) atoms. The van der Waals surface area contributed by atoms with Gasteiger partial charge in [0, 0.05) is 17.5 Å². The lowest BCUT2D eigenvalue weighted by Crippen LogP contribution is -2.31. The molecule has 0 aliphatic carbocycles. The quantitative estimate of drug-likeness (QED) is 0.468. The minimum absolute atomic E-state index is 0.154. The summed E-state index contributed by atoms with van der Waals surface area (Å²) >= 11 is 4.21. The number of nitrogens with one attached hydrogen (secondary N) is 1. The second-order valence-corrected chi connectivity index (χ2v) is 5.68. The lowest BCUT2D eigenvalue weighted by Gasteiger charge is -2.15. The minimum Gasteiger partial charge on any atom is -0.507 e. The van der Waals surface area contributed by atoms with Crippen molar-refractivity contribution in [2.45, 2.75) is 24.3 Å². The second-order valence-electron chi connectivity index (χ2n) is 5.20. The van der Waals surface area contributed by atoms with Crippen LogP contribution in [0, 0.1) is 0 Å². The first kappa shape index (κ1) is 16.5. The fraction of sp³-hybridized carbons (Fsp3) is 0.294. The van der Waals surface area contributed by atoms with Crippen LogP contribution in [0.15, 0.2) is 47.4 Å². The van der Waals surface area contributed by atoms with Crippen molar-refractivity contribution in [3.63, 3.8) is 0 Å². The fourth-order valence-corrected chi connectivity index (χ4v) is 2.41. The molecule has 0 fully saturated rings. The van der Waals surface area contributed by atoms with E-state index in [0.29, 0.717) is 23.8 Å². The molecule has 0 aliphatic heterocycles. The Bertz CT molecular complexity index is 619. The van der Waals surface area contributed by atoms with Crippen LogP contribution < -0.4 is 10.1 Å². The first-order valence-electron chi connectivity index (χ1n) is 7.21. The summed E-state index contributed by atoms with van der Waals surface area (Å²) in [6, 6.07) is 12.6. The number of rotatable bonds is 7. The van der Waals surface area contributed by atoms with E-state index in [1.54, 1.807) is 24.3 Å². The number of hydrogen-bond donors (Lipinski definition) is 4. The van der Waals surface area contributed by atoms with Crippen LogP contribution >= 0.6 is 12.6 Å². The summed E-state index contributed by atoms with van der Waals surface area (Å²) in [5.74, 6) is 0.847. The topological polar surface area (TPSA) is 61.7 Å². The number of para-hydroxylation sites is 2. The number of aromatic hydroxyl groups is 2. The Morgan fingerprint density at radius 1 is 1.14 bits per heavy atom. The zero-order valence-corrected chi connectivity index (χ0v) is 13.4. The summed E-state index contributed by atoms with van der Waals surface area (Å²) in [5.41, 5.74) is 1.12. The number of hydrogen-bond acceptors (Lipinski definition) is 5. The number of benzene rings is 2. The molecule has 0 heterocycles. The van der Waals surface area contributed by atoms with Crippen LogP contribution in [0.1, 0.15) is 12.5 Å². The van der Waals surface area contributed by atoms with Crippen molar-refractivity contribution in [1.29, 1.82) is 0 Å². The third kappa shape index (κ3) is 4.86. The molecule has 1 unspecified atom stereocenters. The maximum Gasteiger partial charge on any atom is 0.160 e. The summed E-state index contributed by atoms with van der Waals surface area (Å²) in [6.07, 6.45) is 0.838. The molecule has 2 rings (SSSR count). The predicted molar refractivity (Wildman–Crippen MR) is 90.1 cm³/mol. The van der Waals surface area contributed by atoms with Crippen LogP contribution in [0.4, 0.5) is 0 Å². The van der Waals surface area contributed by atoms with Crippen molar-refractivity contribution in [1.82, 2.24) is 5.32 Å². The van der Waals surface area contributed by atoms with Crippen LogP contribution in [0.5, 0.6) is 17.2 Å². The largest absolute Gasteiger partial charge is 0.507 e. The van der Waals surface area contributed by atoms with Gasteiger partial charge in [0.05, 0.1) is 0 Å². The van der Waals surface area contributed by atoms with Crippen LogP contribution in [-0.2, 0) is 6.42 Å². The Labute approximate surface area is 136 Å². The van der Waals surface area contributed by atoms with Gasteiger partial charge in [0.2, 0.25) is 0 Å². The average Bonchev–Trinajstić information content (AvgIpc) is 2.49. The average molecular weight is 319 g/mol. The highest BCUT2D eigenvalue weighted by Gasteiger charge is 2.06. The van der Waals surface area contributed by atoms with E-state index in [9.17, 15) is 10.2 Å². The maximum absolute atomic E-state index is 9.59. The number of phenols is 2. The lowest BCUT2D eigenvalue weighted by molar-refractivity contribution is 0.291. The van der Waals surface area contributed by atoms with Gasteiger partial charge in [-0.1, -0.05) is 18.2 Å². The van der Waals surface area contributed by atoms with Gasteiger partial charge in [-0.15, -0.1) is 12.6 Å².